The van der Waals surface area contributed by atoms with Crippen molar-refractivity contribution in [1.82, 2.24) is 0 Å². The molecule has 0 rings (SSSR count). The van der Waals surface area contributed by atoms with Crippen molar-refractivity contribution in [2.75, 3.05) is 0 Å². The van der Waals surface area contributed by atoms with Crippen LogP contribution in [0.5, 0.6) is 0 Å². The van der Waals surface area contributed by atoms with Crippen molar-refractivity contribution in [3.8, 4) is 0 Å². The summed E-state index contributed by atoms with van der Waals surface area (Å²) in [5.41, 5.74) is 0. The maximum atomic E-state index is 4.66. The van der Waals surface area contributed by atoms with Crippen LogP contribution in [-0.4, -0.2) is 12.1 Å². The van der Waals surface area contributed by atoms with Crippen LogP contribution in [0, 0.1) is 0 Å². The third kappa shape index (κ3) is 8.65. The van der Waals surface area contributed by atoms with Gasteiger partial charge in [-0.15, -0.1) is 12.1 Å². The van der Waals surface area contributed by atoms with Crippen molar-refractivity contribution >= 4 is 0 Å². The first kappa shape index (κ1) is 15.0. The Morgan fingerprint density at radius 2 is 1.25 bits per heavy atom. The molecule has 12 heavy (non-hydrogen) atoms. The molecule has 0 spiro atoms. The number of hydrogen-bond acceptors (Lipinski definition) is 0. The molecule has 0 aromatic carbocycles. The Morgan fingerprint density at radius 3 is 1.50 bits per heavy atom. The smallest absolute Gasteiger partial charge is 0.657 e. The zero-order valence-electron chi connectivity index (χ0n) is 9.43. The van der Waals surface area contributed by atoms with Crippen molar-refractivity contribution < 1.29 is 18.9 Å². The van der Waals surface area contributed by atoms with E-state index in [4.69, 9.17) is 0 Å². The fourth-order valence-electron chi connectivity index (χ4n) is 1.42. The molecule has 2 atom stereocenters. The summed E-state index contributed by atoms with van der Waals surface area (Å²) in [5, 5.41) is 4.66. The molecule has 0 aliphatic rings. The first-order valence-corrected chi connectivity index (χ1v) is 4.90. The molecule has 0 aromatic heterocycles. The molecule has 0 saturated heterocycles. The van der Waals surface area contributed by atoms with Gasteiger partial charge in [-0.25, -0.2) is 0 Å². The molecule has 0 radical (unpaired) electrons. The molecule has 0 fully saturated rings. The average molecular weight is 163 g/mol. The zero-order valence-corrected chi connectivity index (χ0v) is 9.43. The Labute approximate surface area is 89.9 Å². The molecule has 2 unspecified atom stereocenters. The van der Waals surface area contributed by atoms with Gasteiger partial charge >= 0.3 is 18.9 Å². The SMILES string of the molecule is CCCC(C)[N-]C(C)CCC.[Li+]. The maximum absolute atomic E-state index is 4.66. The minimum atomic E-state index is 0. The normalized spacial score (nSPS) is 15.0. The van der Waals surface area contributed by atoms with E-state index >= 15 is 0 Å². The van der Waals surface area contributed by atoms with Crippen LogP contribution in [0.3, 0.4) is 0 Å². The summed E-state index contributed by atoms with van der Waals surface area (Å²) in [6.45, 7) is 8.87. The van der Waals surface area contributed by atoms with Gasteiger partial charge in [0.25, 0.3) is 0 Å². The molecule has 0 aliphatic carbocycles. The van der Waals surface area contributed by atoms with Gasteiger partial charge in [-0.2, -0.15) is 0 Å². The molecule has 68 valence electrons. The van der Waals surface area contributed by atoms with Gasteiger partial charge in [0.05, 0.1) is 0 Å². The Kier molecular flexibility index (Phi) is 12.1. The van der Waals surface area contributed by atoms with Crippen molar-refractivity contribution in [2.24, 2.45) is 0 Å². The molecule has 1 nitrogen and oxygen atoms in total. The topological polar surface area (TPSA) is 14.1 Å². The van der Waals surface area contributed by atoms with Gasteiger partial charge < -0.3 is 5.32 Å². The van der Waals surface area contributed by atoms with Gasteiger partial charge in [0.15, 0.2) is 0 Å². The first-order chi connectivity index (χ1) is 5.20. The minimum Gasteiger partial charge on any atom is -0.657 e. The quantitative estimate of drug-likeness (QED) is 0.513. The molecule has 0 amide bonds. The summed E-state index contributed by atoms with van der Waals surface area (Å²) in [4.78, 5) is 0. The monoisotopic (exact) mass is 163 g/mol. The van der Waals surface area contributed by atoms with Crippen molar-refractivity contribution in [3.05, 3.63) is 5.32 Å². The summed E-state index contributed by atoms with van der Waals surface area (Å²) >= 11 is 0. The molecule has 0 heterocycles. The van der Waals surface area contributed by atoms with E-state index in [2.05, 4.69) is 33.0 Å². The predicted molar refractivity (Wildman–Crippen MR) is 52.1 cm³/mol. The van der Waals surface area contributed by atoms with Crippen molar-refractivity contribution in [2.45, 2.75) is 65.5 Å². The van der Waals surface area contributed by atoms with Gasteiger partial charge in [0, 0.05) is 0 Å². The predicted octanol–water partition coefficient (Wildman–Crippen LogP) is 0.741. The second-order valence-corrected chi connectivity index (χ2v) is 3.42. The summed E-state index contributed by atoms with van der Waals surface area (Å²) in [6, 6.07) is 1.14. The fraction of sp³-hybridized carbons (Fsp3) is 1.00. The molecular weight excluding hydrogens is 141 g/mol. The van der Waals surface area contributed by atoms with Crippen molar-refractivity contribution in [3.63, 3.8) is 0 Å². The summed E-state index contributed by atoms with van der Waals surface area (Å²) in [7, 11) is 0. The van der Waals surface area contributed by atoms with E-state index in [1.165, 1.54) is 25.7 Å². The van der Waals surface area contributed by atoms with Crippen LogP contribution in [-0.2, 0) is 0 Å². The van der Waals surface area contributed by atoms with E-state index in [1.54, 1.807) is 0 Å². The second kappa shape index (κ2) is 9.64. The summed E-state index contributed by atoms with van der Waals surface area (Å²) < 4.78 is 0. The van der Waals surface area contributed by atoms with Gasteiger partial charge in [0.2, 0.25) is 0 Å². The molecule has 0 bridgehead atoms. The molecule has 0 saturated carbocycles. The van der Waals surface area contributed by atoms with Crippen LogP contribution >= 0.6 is 0 Å². The summed E-state index contributed by atoms with van der Waals surface area (Å²) in [5.74, 6) is 0. The molecular formula is C10H22LiN. The standard InChI is InChI=1S/C10H22N.Li/c1-5-7-9(3)11-10(4)8-6-2;/h9-10H,5-8H2,1-4H3;/q-1;+1. The first-order valence-electron chi connectivity index (χ1n) is 4.90. The van der Waals surface area contributed by atoms with Gasteiger partial charge in [-0.05, 0) is 0 Å². The molecule has 0 aromatic rings. The molecule has 0 aliphatic heterocycles. The molecule has 0 N–H and O–H groups in total. The van der Waals surface area contributed by atoms with Crippen LogP contribution in [0.4, 0.5) is 0 Å². The van der Waals surface area contributed by atoms with Crippen LogP contribution in [0.1, 0.15) is 53.4 Å². The Morgan fingerprint density at radius 1 is 0.917 bits per heavy atom. The minimum absolute atomic E-state index is 0. The van der Waals surface area contributed by atoms with E-state index in [-0.39, 0.29) is 18.9 Å². The van der Waals surface area contributed by atoms with E-state index in [0.717, 1.165) is 0 Å². The number of nitrogens with zero attached hydrogens (tertiary/aromatic N) is 1. The third-order valence-corrected chi connectivity index (χ3v) is 1.92. The largest absolute Gasteiger partial charge is 1.00 e. The average Bonchev–Trinajstić information content (AvgIpc) is 1.87. The Hall–Kier alpha value is 0.557. The van der Waals surface area contributed by atoms with E-state index in [1.807, 2.05) is 0 Å². The van der Waals surface area contributed by atoms with E-state index in [0.29, 0.717) is 12.1 Å². The van der Waals surface area contributed by atoms with Crippen molar-refractivity contribution in [1.29, 1.82) is 0 Å². The Bertz CT molecular complexity index is 75.9. The van der Waals surface area contributed by atoms with E-state index < -0.39 is 0 Å². The maximum Gasteiger partial charge on any atom is 1.00 e. The second-order valence-electron chi connectivity index (χ2n) is 3.42. The Balaban J connectivity index is 0. The fourth-order valence-corrected chi connectivity index (χ4v) is 1.42. The van der Waals surface area contributed by atoms with Gasteiger partial charge in [-0.1, -0.05) is 53.4 Å². The van der Waals surface area contributed by atoms with Crippen LogP contribution in [0.15, 0.2) is 0 Å². The molecule has 2 heteroatoms. The third-order valence-electron chi connectivity index (χ3n) is 1.92. The van der Waals surface area contributed by atoms with Crippen LogP contribution < -0.4 is 18.9 Å². The van der Waals surface area contributed by atoms with Crippen LogP contribution in [0.25, 0.3) is 5.32 Å². The summed E-state index contributed by atoms with van der Waals surface area (Å²) in [6.07, 6.45) is 5.00. The number of hydrogen-bond donors (Lipinski definition) is 0. The zero-order chi connectivity index (χ0) is 8.69. The van der Waals surface area contributed by atoms with Crippen LogP contribution in [0.2, 0.25) is 0 Å². The van der Waals surface area contributed by atoms with Gasteiger partial charge in [0.1, 0.15) is 0 Å². The number of rotatable bonds is 6. The van der Waals surface area contributed by atoms with Gasteiger partial charge in [-0.3, -0.25) is 0 Å². The van der Waals surface area contributed by atoms with E-state index in [9.17, 15) is 0 Å².